The van der Waals surface area contributed by atoms with Crippen LogP contribution >= 0.6 is 23.4 Å². The quantitative estimate of drug-likeness (QED) is 0.168. The summed E-state index contributed by atoms with van der Waals surface area (Å²) in [5.74, 6) is -0.320. The van der Waals surface area contributed by atoms with Gasteiger partial charge in [-0.1, -0.05) is 43.1 Å². The number of aryl methyl sites for hydroxylation is 1. The summed E-state index contributed by atoms with van der Waals surface area (Å²) in [4.78, 5) is 27.4. The van der Waals surface area contributed by atoms with Gasteiger partial charge in [-0.25, -0.2) is 4.39 Å². The van der Waals surface area contributed by atoms with E-state index in [0.29, 0.717) is 35.6 Å². The van der Waals surface area contributed by atoms with Gasteiger partial charge in [-0.3, -0.25) is 19.8 Å². The number of nitrogens with zero attached hydrogens (tertiary/aromatic N) is 3. The number of nitriles is 1. The zero-order valence-corrected chi connectivity index (χ0v) is 25.8. The molecule has 0 fully saturated rings. The lowest BCUT2D eigenvalue weighted by Crippen LogP contribution is -2.42. The Balaban J connectivity index is 1.68. The van der Waals surface area contributed by atoms with Crippen molar-refractivity contribution in [3.8, 4) is 6.07 Å². The summed E-state index contributed by atoms with van der Waals surface area (Å²) < 4.78 is 13.4. The number of Topliss-reactive ketones (excluding diaryl/α,β-unsaturated/α-hetero) is 1. The van der Waals surface area contributed by atoms with Gasteiger partial charge in [0, 0.05) is 40.5 Å². The Morgan fingerprint density at radius 3 is 2.49 bits per heavy atom. The standard InChI is InChI=1S/C33H30ClFN4O3S/c1-18-11-20(17-43-23-8-5-21(35)6-9-23)19(2)24(12-18)30-25(16-36)32(37)38(27-10-7-22(39(41)42)13-26(27)34)28-14-33(3,4)15-29(40)31(28)30/h5-13,30H,14-15,17,37H2,1-4H3. The van der Waals surface area contributed by atoms with E-state index in [1.54, 1.807) is 28.8 Å². The number of carbonyl (C=O) groups is 1. The van der Waals surface area contributed by atoms with Crippen LogP contribution in [0.3, 0.4) is 0 Å². The number of nitro benzene ring substituents is 1. The Morgan fingerprint density at radius 2 is 1.86 bits per heavy atom. The average molecular weight is 617 g/mol. The maximum Gasteiger partial charge on any atom is 0.271 e. The molecule has 0 bridgehead atoms. The highest BCUT2D eigenvalue weighted by Crippen LogP contribution is 2.52. The molecule has 10 heteroatoms. The van der Waals surface area contributed by atoms with Gasteiger partial charge in [0.2, 0.25) is 0 Å². The summed E-state index contributed by atoms with van der Waals surface area (Å²) in [6.45, 7) is 7.96. The van der Waals surface area contributed by atoms with Gasteiger partial charge in [-0.2, -0.15) is 5.26 Å². The van der Waals surface area contributed by atoms with Crippen LogP contribution in [0.15, 0.2) is 82.2 Å². The van der Waals surface area contributed by atoms with E-state index < -0.39 is 16.3 Å². The van der Waals surface area contributed by atoms with Crippen LogP contribution in [0, 0.1) is 46.5 Å². The van der Waals surface area contributed by atoms with Crippen molar-refractivity contribution < 1.29 is 14.1 Å². The van der Waals surface area contributed by atoms with Crippen LogP contribution in [-0.4, -0.2) is 10.7 Å². The normalized spacial score (nSPS) is 18.0. The highest BCUT2D eigenvalue weighted by molar-refractivity contribution is 7.98. The molecule has 43 heavy (non-hydrogen) atoms. The highest BCUT2D eigenvalue weighted by Gasteiger charge is 2.45. The van der Waals surface area contributed by atoms with E-state index in [2.05, 4.69) is 12.1 Å². The van der Waals surface area contributed by atoms with Gasteiger partial charge in [0.15, 0.2) is 5.78 Å². The third-order valence-electron chi connectivity index (χ3n) is 7.98. The van der Waals surface area contributed by atoms with Gasteiger partial charge in [0.05, 0.1) is 33.2 Å². The molecule has 0 aromatic heterocycles. The number of carbonyl (C=O) groups excluding carboxylic acids is 1. The zero-order valence-electron chi connectivity index (χ0n) is 24.2. The molecular formula is C33H30ClFN4O3S. The highest BCUT2D eigenvalue weighted by atomic mass is 35.5. The summed E-state index contributed by atoms with van der Waals surface area (Å²) >= 11 is 8.15. The molecule has 220 valence electrons. The summed E-state index contributed by atoms with van der Waals surface area (Å²) in [6.07, 6.45) is 0.774. The monoisotopic (exact) mass is 616 g/mol. The van der Waals surface area contributed by atoms with Crippen molar-refractivity contribution >= 4 is 40.5 Å². The molecule has 2 N–H and O–H groups in total. The second kappa shape index (κ2) is 11.5. The lowest BCUT2D eigenvalue weighted by atomic mass is 9.68. The second-order valence-corrected chi connectivity index (χ2v) is 13.2. The number of nitrogens with two attached hydrogens (primary N) is 1. The summed E-state index contributed by atoms with van der Waals surface area (Å²) in [5.41, 5.74) is 11.7. The van der Waals surface area contributed by atoms with Gasteiger partial charge in [0.1, 0.15) is 11.6 Å². The van der Waals surface area contributed by atoms with Crippen LogP contribution in [0.4, 0.5) is 15.8 Å². The van der Waals surface area contributed by atoms with E-state index >= 15 is 0 Å². The fraction of sp³-hybridized carbons (Fsp3) is 0.273. The minimum absolute atomic E-state index is 0.0809. The van der Waals surface area contributed by atoms with Crippen LogP contribution in [0.2, 0.25) is 5.02 Å². The first-order chi connectivity index (χ1) is 20.3. The summed E-state index contributed by atoms with van der Waals surface area (Å²) in [6, 6.07) is 16.8. The molecule has 1 aliphatic heterocycles. The molecule has 7 nitrogen and oxygen atoms in total. The van der Waals surface area contributed by atoms with Crippen molar-refractivity contribution in [1.82, 2.24) is 0 Å². The Hall–Kier alpha value is -4.13. The molecule has 0 radical (unpaired) electrons. The van der Waals surface area contributed by atoms with Crippen LogP contribution in [-0.2, 0) is 10.5 Å². The van der Waals surface area contributed by atoms with Gasteiger partial charge < -0.3 is 5.73 Å². The number of non-ortho nitro benzene ring substituents is 1. The predicted molar refractivity (Wildman–Crippen MR) is 167 cm³/mol. The first-order valence-electron chi connectivity index (χ1n) is 13.7. The largest absolute Gasteiger partial charge is 0.384 e. The maximum atomic E-state index is 14.0. The van der Waals surface area contributed by atoms with Crippen LogP contribution in [0.1, 0.15) is 54.9 Å². The molecule has 2 aliphatic rings. The van der Waals surface area contributed by atoms with Crippen molar-refractivity contribution in [1.29, 1.82) is 5.26 Å². The lowest BCUT2D eigenvalue weighted by molar-refractivity contribution is -0.384. The minimum Gasteiger partial charge on any atom is -0.384 e. The molecule has 0 amide bonds. The van der Waals surface area contributed by atoms with E-state index in [9.17, 15) is 24.6 Å². The molecule has 1 unspecified atom stereocenters. The SMILES string of the molecule is Cc1cc(CSc2ccc(F)cc2)c(C)c(C2C(C#N)=C(N)N(c3ccc([N+](=O)[O-])cc3Cl)C3=C2C(=O)CC(C)(C)C3)c1. The molecular weight excluding hydrogens is 587 g/mol. The average Bonchev–Trinajstić information content (AvgIpc) is 2.93. The van der Waals surface area contributed by atoms with Crippen molar-refractivity contribution in [3.63, 3.8) is 0 Å². The minimum atomic E-state index is -0.689. The van der Waals surface area contributed by atoms with Crippen molar-refractivity contribution in [3.05, 3.63) is 120 Å². The second-order valence-electron chi connectivity index (χ2n) is 11.8. The number of hydrogen-bond donors (Lipinski definition) is 1. The van der Waals surface area contributed by atoms with Crippen LogP contribution in [0.25, 0.3) is 0 Å². The Morgan fingerprint density at radius 1 is 1.16 bits per heavy atom. The van der Waals surface area contributed by atoms with Crippen molar-refractivity contribution in [2.45, 2.75) is 57.1 Å². The number of rotatable bonds is 6. The van der Waals surface area contributed by atoms with E-state index in [1.807, 2.05) is 33.8 Å². The molecule has 3 aromatic rings. The number of halogens is 2. The van der Waals surface area contributed by atoms with Gasteiger partial charge in [-0.05, 0) is 72.7 Å². The Bertz CT molecular complexity index is 1780. The molecule has 0 spiro atoms. The predicted octanol–water partition coefficient (Wildman–Crippen LogP) is 8.24. The number of thioether (sulfide) groups is 1. The third-order valence-corrected chi connectivity index (χ3v) is 9.35. The maximum absolute atomic E-state index is 14.0. The van der Waals surface area contributed by atoms with E-state index in [-0.39, 0.29) is 33.7 Å². The number of anilines is 1. The number of allylic oxidation sites excluding steroid dienone is 3. The fourth-order valence-corrected chi connectivity index (χ4v) is 7.20. The molecule has 1 heterocycles. The van der Waals surface area contributed by atoms with E-state index in [4.69, 9.17) is 17.3 Å². The van der Waals surface area contributed by atoms with Crippen molar-refractivity contribution in [2.24, 2.45) is 11.1 Å². The molecule has 0 saturated carbocycles. The molecule has 3 aromatic carbocycles. The topological polar surface area (TPSA) is 113 Å². The number of hydrogen-bond acceptors (Lipinski definition) is 7. The van der Waals surface area contributed by atoms with Crippen molar-refractivity contribution in [2.75, 3.05) is 4.90 Å². The van der Waals surface area contributed by atoms with Gasteiger partial charge in [0.25, 0.3) is 5.69 Å². The molecule has 1 aliphatic carbocycles. The Labute approximate surface area is 259 Å². The number of nitro groups is 1. The van der Waals surface area contributed by atoms with Crippen LogP contribution in [0.5, 0.6) is 0 Å². The van der Waals surface area contributed by atoms with E-state index in [1.165, 1.54) is 30.3 Å². The molecule has 0 saturated heterocycles. The fourth-order valence-electron chi connectivity index (χ4n) is 5.99. The zero-order chi connectivity index (χ0) is 31.2. The third kappa shape index (κ3) is 5.77. The summed E-state index contributed by atoms with van der Waals surface area (Å²) in [7, 11) is 0. The lowest BCUT2D eigenvalue weighted by Gasteiger charge is -2.44. The van der Waals surface area contributed by atoms with Gasteiger partial charge >= 0.3 is 0 Å². The first-order valence-corrected chi connectivity index (χ1v) is 15.1. The Kier molecular flexibility index (Phi) is 8.12. The van der Waals surface area contributed by atoms with Gasteiger partial charge in [-0.15, -0.1) is 11.8 Å². The number of benzene rings is 3. The first kappa shape index (κ1) is 30.3. The van der Waals surface area contributed by atoms with Crippen LogP contribution < -0.4 is 10.6 Å². The summed E-state index contributed by atoms with van der Waals surface area (Å²) in [5, 5.41) is 22.0. The molecule has 5 rings (SSSR count). The molecule has 1 atom stereocenters. The smallest absolute Gasteiger partial charge is 0.271 e. The van der Waals surface area contributed by atoms with E-state index in [0.717, 1.165) is 27.1 Å². The number of ketones is 1.